The third-order valence-electron chi connectivity index (χ3n) is 5.68. The third kappa shape index (κ3) is 4.86. The van der Waals surface area contributed by atoms with E-state index in [2.05, 4.69) is 5.32 Å². The maximum Gasteiger partial charge on any atom is 0.269 e. The average Bonchev–Trinajstić information content (AvgIpc) is 3.13. The summed E-state index contributed by atoms with van der Waals surface area (Å²) in [7, 11) is 0. The van der Waals surface area contributed by atoms with Gasteiger partial charge in [-0.05, 0) is 67.3 Å². The van der Waals surface area contributed by atoms with E-state index in [1.165, 1.54) is 16.7 Å². The zero-order valence-corrected chi connectivity index (χ0v) is 20.3. The Labute approximate surface area is 208 Å². The molecule has 170 valence electrons. The average molecular weight is 488 g/mol. The quantitative estimate of drug-likeness (QED) is 0.352. The lowest BCUT2D eigenvalue weighted by Gasteiger charge is -2.19. The molecule has 1 fully saturated rings. The number of amides is 2. The van der Waals surface area contributed by atoms with E-state index in [4.69, 9.17) is 11.6 Å². The monoisotopic (exact) mass is 487 g/mol. The molecule has 0 bridgehead atoms. The van der Waals surface area contributed by atoms with Crippen LogP contribution in [0, 0.1) is 25.2 Å². The highest BCUT2D eigenvalue weighted by Gasteiger charge is 2.40. The summed E-state index contributed by atoms with van der Waals surface area (Å²) in [5.41, 5.74) is 4.00. The topological polar surface area (TPSA) is 73.2 Å². The molecule has 1 saturated heterocycles. The Balaban J connectivity index is 1.73. The molecule has 34 heavy (non-hydrogen) atoms. The molecule has 0 unspecified atom stereocenters. The summed E-state index contributed by atoms with van der Waals surface area (Å²) in [5.74, 6) is -0.728. The Hall–Kier alpha value is -3.53. The summed E-state index contributed by atoms with van der Waals surface area (Å²) >= 11 is 7.36. The highest BCUT2D eigenvalue weighted by Crippen LogP contribution is 2.42. The number of hydrogen-bond acceptors (Lipinski definition) is 4. The van der Waals surface area contributed by atoms with Crippen LogP contribution in [0.4, 0.5) is 11.4 Å². The van der Waals surface area contributed by atoms with E-state index in [1.807, 2.05) is 68.4 Å². The van der Waals surface area contributed by atoms with Gasteiger partial charge in [-0.3, -0.25) is 14.5 Å². The lowest BCUT2D eigenvalue weighted by molar-refractivity contribution is -0.117. The van der Waals surface area contributed by atoms with Gasteiger partial charge in [0.2, 0.25) is 5.91 Å². The van der Waals surface area contributed by atoms with Crippen molar-refractivity contribution in [1.82, 2.24) is 0 Å². The van der Waals surface area contributed by atoms with Gasteiger partial charge in [-0.1, -0.05) is 65.8 Å². The van der Waals surface area contributed by atoms with Crippen molar-refractivity contribution >= 4 is 46.6 Å². The number of carbonyl (C=O) groups excluding carboxylic acids is 2. The Morgan fingerprint density at radius 2 is 1.82 bits per heavy atom. The van der Waals surface area contributed by atoms with Gasteiger partial charge < -0.3 is 5.32 Å². The second kappa shape index (κ2) is 10.2. The first kappa shape index (κ1) is 23.6. The molecule has 7 heteroatoms. The number of nitrogens with zero attached hydrogens (tertiary/aromatic N) is 2. The molecule has 3 aromatic carbocycles. The first-order valence-corrected chi connectivity index (χ1v) is 12.0. The largest absolute Gasteiger partial charge is 0.321 e. The minimum atomic E-state index is -0.546. The molecule has 0 radical (unpaired) electrons. The van der Waals surface area contributed by atoms with Crippen molar-refractivity contribution in [2.24, 2.45) is 0 Å². The van der Waals surface area contributed by atoms with Crippen molar-refractivity contribution in [3.63, 3.8) is 0 Å². The second-order valence-corrected chi connectivity index (χ2v) is 9.57. The van der Waals surface area contributed by atoms with Crippen molar-refractivity contribution in [2.75, 3.05) is 10.2 Å². The van der Waals surface area contributed by atoms with E-state index in [0.29, 0.717) is 27.8 Å². The number of thioether (sulfide) groups is 1. The van der Waals surface area contributed by atoms with Crippen molar-refractivity contribution in [3.8, 4) is 6.07 Å². The molecular weight excluding hydrogens is 466 g/mol. The maximum absolute atomic E-state index is 13.5. The van der Waals surface area contributed by atoms with Crippen molar-refractivity contribution < 1.29 is 9.59 Å². The van der Waals surface area contributed by atoms with Gasteiger partial charge in [0.25, 0.3) is 5.91 Å². The fourth-order valence-electron chi connectivity index (χ4n) is 3.75. The van der Waals surface area contributed by atoms with Crippen LogP contribution >= 0.6 is 23.4 Å². The smallest absolute Gasteiger partial charge is 0.269 e. The number of rotatable bonds is 5. The van der Waals surface area contributed by atoms with E-state index in [-0.39, 0.29) is 11.5 Å². The Bertz CT molecular complexity index is 1330. The van der Waals surface area contributed by atoms with Gasteiger partial charge in [-0.2, -0.15) is 5.26 Å². The zero-order chi connectivity index (χ0) is 24.2. The van der Waals surface area contributed by atoms with Gasteiger partial charge in [0.1, 0.15) is 16.7 Å². The van der Waals surface area contributed by atoms with E-state index >= 15 is 0 Å². The molecule has 0 spiro atoms. The Kier molecular flexibility index (Phi) is 7.06. The normalized spacial score (nSPS) is 16.8. The third-order valence-corrected chi connectivity index (χ3v) is 7.18. The zero-order valence-electron chi connectivity index (χ0n) is 18.7. The van der Waals surface area contributed by atoms with Gasteiger partial charge in [0.15, 0.2) is 0 Å². The van der Waals surface area contributed by atoms with Gasteiger partial charge in [-0.25, -0.2) is 0 Å². The molecule has 4 rings (SSSR count). The van der Waals surface area contributed by atoms with Crippen LogP contribution in [0.2, 0.25) is 5.02 Å². The van der Waals surface area contributed by atoms with Crippen LogP contribution in [0.3, 0.4) is 0 Å². The maximum atomic E-state index is 13.5. The van der Waals surface area contributed by atoms with E-state index in [0.717, 1.165) is 16.7 Å². The molecule has 1 aliphatic heterocycles. The van der Waals surface area contributed by atoms with Crippen LogP contribution in [-0.4, -0.2) is 17.1 Å². The highest BCUT2D eigenvalue weighted by atomic mass is 35.5. The fraction of sp³-hybridized carbons (Fsp3) is 0.148. The molecule has 1 atom stereocenters. The van der Waals surface area contributed by atoms with Crippen LogP contribution in [0.25, 0.3) is 0 Å². The lowest BCUT2D eigenvalue weighted by atomic mass is 10.1. The molecule has 1 heterocycles. The standard InChI is InChI=1S/C27H22ClN3O2S/c1-17-8-6-13-23(18(17)2)30-25(32)22(16-29)27-31(21-11-4-3-5-12-21)26(33)24(34-27)15-19-9-7-10-20(28)14-19/h3-14,24H,15H2,1-2H3,(H,30,32)/b27-22+/t24-/m0/s1. The fourth-order valence-corrected chi connectivity index (χ4v) is 5.27. The van der Waals surface area contributed by atoms with Crippen LogP contribution < -0.4 is 10.2 Å². The van der Waals surface area contributed by atoms with Crippen molar-refractivity contribution in [3.05, 3.63) is 105 Å². The molecule has 5 nitrogen and oxygen atoms in total. The number of carbonyl (C=O) groups is 2. The molecule has 0 aromatic heterocycles. The van der Waals surface area contributed by atoms with E-state index in [1.54, 1.807) is 24.3 Å². The van der Waals surface area contributed by atoms with Crippen molar-refractivity contribution in [2.45, 2.75) is 25.5 Å². The summed E-state index contributed by atoms with van der Waals surface area (Å²) in [6.07, 6.45) is 0.425. The summed E-state index contributed by atoms with van der Waals surface area (Å²) in [6.45, 7) is 3.87. The van der Waals surface area contributed by atoms with Gasteiger partial charge in [0.05, 0.1) is 5.25 Å². The SMILES string of the molecule is Cc1cccc(NC(=O)/C(C#N)=C2/S[C@@H](Cc3cccc(Cl)c3)C(=O)N2c2ccccc2)c1C. The number of halogens is 1. The van der Waals surface area contributed by atoms with Crippen LogP contribution in [0.1, 0.15) is 16.7 Å². The number of para-hydroxylation sites is 1. The first-order valence-electron chi connectivity index (χ1n) is 10.7. The van der Waals surface area contributed by atoms with Crippen LogP contribution in [-0.2, 0) is 16.0 Å². The number of benzene rings is 3. The lowest BCUT2D eigenvalue weighted by Crippen LogP contribution is -2.30. The number of nitrogens with one attached hydrogen (secondary N) is 1. The molecule has 0 saturated carbocycles. The molecular formula is C27H22ClN3O2S. The molecule has 1 aliphatic rings. The number of aryl methyl sites for hydroxylation is 1. The number of hydrogen-bond donors (Lipinski definition) is 1. The molecule has 3 aromatic rings. The first-order chi connectivity index (χ1) is 16.4. The van der Waals surface area contributed by atoms with Crippen molar-refractivity contribution in [1.29, 1.82) is 5.26 Å². The van der Waals surface area contributed by atoms with Gasteiger partial charge in [0, 0.05) is 16.4 Å². The second-order valence-electron chi connectivity index (χ2n) is 7.94. The minimum absolute atomic E-state index is 0.100. The van der Waals surface area contributed by atoms with Gasteiger partial charge >= 0.3 is 0 Å². The predicted octanol–water partition coefficient (Wildman–Crippen LogP) is 6.02. The molecule has 2 amide bonds. The molecule has 0 aliphatic carbocycles. The van der Waals surface area contributed by atoms with E-state index in [9.17, 15) is 14.9 Å². The number of anilines is 2. The van der Waals surface area contributed by atoms with Gasteiger partial charge in [-0.15, -0.1) is 0 Å². The van der Waals surface area contributed by atoms with Crippen LogP contribution in [0.15, 0.2) is 83.4 Å². The number of nitriles is 1. The predicted molar refractivity (Wildman–Crippen MR) is 138 cm³/mol. The summed E-state index contributed by atoms with van der Waals surface area (Å²) in [6, 6.07) is 24.1. The van der Waals surface area contributed by atoms with Crippen LogP contribution in [0.5, 0.6) is 0 Å². The Morgan fingerprint density at radius 1 is 1.09 bits per heavy atom. The molecule has 1 N–H and O–H groups in total. The summed E-state index contributed by atoms with van der Waals surface area (Å²) in [4.78, 5) is 28.2. The summed E-state index contributed by atoms with van der Waals surface area (Å²) < 4.78 is 0. The minimum Gasteiger partial charge on any atom is -0.321 e. The highest BCUT2D eigenvalue weighted by molar-refractivity contribution is 8.05. The Morgan fingerprint density at radius 3 is 2.53 bits per heavy atom. The van der Waals surface area contributed by atoms with E-state index < -0.39 is 11.2 Å². The summed E-state index contributed by atoms with van der Waals surface area (Å²) in [5, 5.41) is 13.3.